The van der Waals surface area contributed by atoms with Gasteiger partial charge in [-0.2, -0.15) is 0 Å². The molecule has 0 N–H and O–H groups in total. The number of hydrogen-bond acceptors (Lipinski definition) is 0. The third kappa shape index (κ3) is 4.10. The lowest BCUT2D eigenvalue weighted by Gasteiger charge is -2.52. The van der Waals surface area contributed by atoms with Crippen LogP contribution in [0.25, 0.3) is 6.08 Å². The van der Waals surface area contributed by atoms with Gasteiger partial charge in [-0.25, -0.2) is 0 Å². The van der Waals surface area contributed by atoms with Crippen molar-refractivity contribution in [2.75, 3.05) is 0 Å². The summed E-state index contributed by atoms with van der Waals surface area (Å²) >= 11 is 0. The summed E-state index contributed by atoms with van der Waals surface area (Å²) < 4.78 is 0. The van der Waals surface area contributed by atoms with E-state index in [9.17, 15) is 0 Å². The molecule has 0 aromatic heterocycles. The molecule has 5 aliphatic rings. The van der Waals surface area contributed by atoms with E-state index in [0.717, 1.165) is 46.6 Å². The van der Waals surface area contributed by atoms with Crippen LogP contribution < -0.4 is 0 Å². The van der Waals surface area contributed by atoms with Crippen LogP contribution in [0.5, 0.6) is 0 Å². The zero-order valence-corrected chi connectivity index (χ0v) is 26.1. The maximum absolute atomic E-state index is 2.92. The van der Waals surface area contributed by atoms with Gasteiger partial charge in [0.2, 0.25) is 0 Å². The zero-order chi connectivity index (χ0) is 25.1. The molecule has 9 unspecified atom stereocenters. The highest BCUT2D eigenvalue weighted by atomic mass is 29.3. The number of rotatable bonds is 7. The van der Waals surface area contributed by atoms with Crippen LogP contribution in [0, 0.1) is 35.5 Å². The zero-order valence-electron chi connectivity index (χ0n) is 24.1. The first-order valence-electron chi connectivity index (χ1n) is 16.1. The van der Waals surface area contributed by atoms with Gasteiger partial charge in [0, 0.05) is 21.1 Å². The normalized spacial score (nSPS) is 39.9. The largest absolute Gasteiger partial charge is 0.0761 e. The van der Waals surface area contributed by atoms with Crippen LogP contribution in [0.15, 0.2) is 30.3 Å². The van der Waals surface area contributed by atoms with E-state index >= 15 is 0 Å². The third-order valence-corrected chi connectivity index (χ3v) is 34.3. The number of allylic oxidation sites excluding steroid dienone is 1. The van der Waals surface area contributed by atoms with Gasteiger partial charge in [0.25, 0.3) is 0 Å². The number of fused-ring (bicyclic) bond motifs is 3. The minimum Gasteiger partial charge on any atom is -0.0761 e. The first-order valence-corrected chi connectivity index (χ1v) is 23.3. The quantitative estimate of drug-likeness (QED) is 0.315. The molecule has 198 valence electrons. The Morgan fingerprint density at radius 2 is 1.64 bits per heavy atom. The average Bonchev–Trinajstić information content (AvgIpc) is 3.66. The highest BCUT2D eigenvalue weighted by Crippen LogP contribution is 2.65. The number of unbranched alkanes of at least 4 members (excludes halogenated alkanes) is 1. The van der Waals surface area contributed by atoms with Crippen molar-refractivity contribution in [2.45, 2.75) is 127 Å². The molecule has 0 aliphatic heterocycles. The lowest BCUT2D eigenvalue weighted by molar-refractivity contribution is 0.0626. The fourth-order valence-corrected chi connectivity index (χ4v) is 25.0. The lowest BCUT2D eigenvalue weighted by atomic mass is 9.59. The molecule has 2 heteroatoms. The minimum atomic E-state index is -1.30. The molecule has 6 rings (SSSR count). The Hall–Kier alpha value is -0.606. The molecule has 4 saturated carbocycles. The summed E-state index contributed by atoms with van der Waals surface area (Å²) in [6.45, 7) is 14.0. The van der Waals surface area contributed by atoms with Crippen LogP contribution in [0.4, 0.5) is 0 Å². The second kappa shape index (κ2) is 9.85. The van der Waals surface area contributed by atoms with E-state index in [1.807, 2.05) is 0 Å². The average molecular weight is 519 g/mol. The summed E-state index contributed by atoms with van der Waals surface area (Å²) in [4.78, 5) is 0. The second-order valence-corrected chi connectivity index (χ2v) is 31.3. The predicted molar refractivity (Wildman–Crippen MR) is 163 cm³/mol. The van der Waals surface area contributed by atoms with Crippen LogP contribution in [0.3, 0.4) is 0 Å². The molecular weight excluding hydrogens is 465 g/mol. The van der Waals surface area contributed by atoms with Gasteiger partial charge in [-0.15, -0.1) is 0 Å². The van der Waals surface area contributed by atoms with Crippen LogP contribution >= 0.6 is 0 Å². The van der Waals surface area contributed by atoms with Crippen molar-refractivity contribution < 1.29 is 0 Å². The van der Waals surface area contributed by atoms with E-state index in [-0.39, 0.29) is 0 Å². The highest BCUT2D eigenvalue weighted by molar-refractivity contribution is 7.41. The van der Waals surface area contributed by atoms with Gasteiger partial charge in [-0.3, -0.25) is 0 Å². The van der Waals surface area contributed by atoms with Crippen LogP contribution in [0.2, 0.25) is 37.3 Å². The van der Waals surface area contributed by atoms with Crippen molar-refractivity contribution in [3.05, 3.63) is 41.5 Å². The van der Waals surface area contributed by atoms with E-state index in [4.69, 9.17) is 0 Å². The van der Waals surface area contributed by atoms with Crippen molar-refractivity contribution in [3.63, 3.8) is 0 Å². The second-order valence-electron chi connectivity index (χ2n) is 15.2. The van der Waals surface area contributed by atoms with E-state index in [1.165, 1.54) is 37.7 Å². The molecule has 0 spiro atoms. The van der Waals surface area contributed by atoms with Gasteiger partial charge in [0.05, 0.1) is 0 Å². The Kier molecular flexibility index (Phi) is 7.02. The molecule has 4 fully saturated rings. The summed E-state index contributed by atoms with van der Waals surface area (Å²) in [5.41, 5.74) is 5.44. The minimum absolute atomic E-state index is 0.711. The fourth-order valence-electron chi connectivity index (χ4n) is 11.0. The van der Waals surface area contributed by atoms with E-state index in [0.29, 0.717) is 5.92 Å². The van der Waals surface area contributed by atoms with E-state index in [2.05, 4.69) is 69.5 Å². The summed E-state index contributed by atoms with van der Waals surface area (Å²) in [5, 5.41) is 0. The Morgan fingerprint density at radius 1 is 0.806 bits per heavy atom. The molecule has 0 nitrogen and oxygen atoms in total. The Labute approximate surface area is 224 Å². The van der Waals surface area contributed by atoms with Gasteiger partial charge in [0.1, 0.15) is 0 Å². The smallest absolute Gasteiger partial charge is 0.0448 e. The van der Waals surface area contributed by atoms with Gasteiger partial charge in [-0.1, -0.05) is 127 Å². The number of benzene rings is 1. The fraction of sp³-hybridized carbons (Fsp3) is 0.765. The highest BCUT2D eigenvalue weighted by Gasteiger charge is 2.60. The molecular formula is C34H54Si2. The summed E-state index contributed by atoms with van der Waals surface area (Å²) in [7, 11) is -2.54. The van der Waals surface area contributed by atoms with Crippen molar-refractivity contribution in [1.29, 1.82) is 0 Å². The van der Waals surface area contributed by atoms with Gasteiger partial charge in [0.15, 0.2) is 0 Å². The maximum Gasteiger partial charge on any atom is 0.0448 e. The van der Waals surface area contributed by atoms with Crippen molar-refractivity contribution in [2.24, 2.45) is 35.5 Å². The molecule has 0 radical (unpaired) electrons. The topological polar surface area (TPSA) is 0 Å². The molecule has 1 aromatic carbocycles. The predicted octanol–water partition coefficient (Wildman–Crippen LogP) is 10.5. The third-order valence-electron chi connectivity index (χ3n) is 13.5. The molecule has 0 bridgehead atoms. The number of hydrogen-bond donors (Lipinski definition) is 0. The Bertz CT molecular complexity index is 960. The molecule has 0 heterocycles. The maximum atomic E-state index is 2.92. The molecule has 5 aliphatic carbocycles. The lowest BCUT2D eigenvalue weighted by Crippen LogP contribution is -2.61. The summed E-state index contributed by atoms with van der Waals surface area (Å²) in [6.07, 6.45) is 23.6. The van der Waals surface area contributed by atoms with Gasteiger partial charge < -0.3 is 0 Å². The van der Waals surface area contributed by atoms with Crippen LogP contribution in [0.1, 0.15) is 101 Å². The Morgan fingerprint density at radius 3 is 2.47 bits per heavy atom. The van der Waals surface area contributed by atoms with Crippen molar-refractivity contribution in [1.82, 2.24) is 0 Å². The van der Waals surface area contributed by atoms with Crippen LogP contribution in [-0.2, 0) is 0 Å². The first kappa shape index (κ1) is 25.7. The standard InChI is InChI=1S/C34H54Si2/c1-6-7-11-24-16-18-27(22-24)35(2,3)36(4,5)33-21-20-31-32(33)23-26-13-10-15-29(26)34(31)30-19-17-25-12-8-9-14-28(25)30/h8-9,12,14,17,19,24,26-27,29-34H,6-7,10-11,13,15-16,18,20-23H2,1-5H3. The molecule has 0 amide bonds. The van der Waals surface area contributed by atoms with E-state index < -0.39 is 15.2 Å². The summed E-state index contributed by atoms with van der Waals surface area (Å²) in [6, 6.07) is 9.40. The van der Waals surface area contributed by atoms with E-state index in [1.54, 1.807) is 50.5 Å². The summed E-state index contributed by atoms with van der Waals surface area (Å²) in [5.74, 6) is 6.82. The molecule has 0 saturated heterocycles. The van der Waals surface area contributed by atoms with Crippen molar-refractivity contribution in [3.8, 4) is 0 Å². The SMILES string of the molecule is CCCCC1CCC([Si](C)(C)[Si](C)(C)C2CCC3C2CC2CCCC2C3C2C=Cc3ccccc32)C1. The van der Waals surface area contributed by atoms with Crippen molar-refractivity contribution >= 4 is 21.3 Å². The monoisotopic (exact) mass is 518 g/mol. The molecule has 36 heavy (non-hydrogen) atoms. The Balaban J connectivity index is 1.25. The molecule has 9 atom stereocenters. The van der Waals surface area contributed by atoms with Crippen LogP contribution in [-0.4, -0.2) is 15.2 Å². The first-order chi connectivity index (χ1) is 17.3. The molecule has 1 aromatic rings. The van der Waals surface area contributed by atoms with Gasteiger partial charge >= 0.3 is 0 Å². The van der Waals surface area contributed by atoms with Gasteiger partial charge in [-0.05, 0) is 77.0 Å².